The highest BCUT2D eigenvalue weighted by atomic mass is 31.2. The lowest BCUT2D eigenvalue weighted by molar-refractivity contribution is -0.154. The van der Waals surface area contributed by atoms with Crippen LogP contribution < -0.4 is 9.47 Å². The molecule has 294 valence electrons. The number of Topliss-reactive ketones (excluding diaryl/α,β-unsaturated/α-hetero) is 1. The zero-order valence-corrected chi connectivity index (χ0v) is 33.1. The van der Waals surface area contributed by atoms with E-state index in [1.165, 1.54) is 0 Å². The van der Waals surface area contributed by atoms with Gasteiger partial charge in [-0.2, -0.15) is 0 Å². The second-order valence-corrected chi connectivity index (χ2v) is 18.8. The Kier molecular flexibility index (Phi) is 12.1. The number of benzene rings is 2. The van der Waals surface area contributed by atoms with Gasteiger partial charge in [0.1, 0.15) is 23.7 Å². The van der Waals surface area contributed by atoms with Crippen molar-refractivity contribution in [2.45, 2.75) is 120 Å². The van der Waals surface area contributed by atoms with Crippen molar-refractivity contribution < 1.29 is 38.1 Å². The van der Waals surface area contributed by atoms with Gasteiger partial charge >= 0.3 is 5.97 Å². The number of allylic oxidation sites excluding steroid dienone is 2. The third-order valence-electron chi connectivity index (χ3n) is 12.2. The number of pyridine rings is 1. The van der Waals surface area contributed by atoms with Crippen molar-refractivity contribution in [1.29, 1.82) is 0 Å². The summed E-state index contributed by atoms with van der Waals surface area (Å²) in [5.74, 6) is -0.418. The van der Waals surface area contributed by atoms with Crippen LogP contribution in [0.3, 0.4) is 0 Å². The maximum absolute atomic E-state index is 14.7. The molecule has 3 fully saturated rings. The van der Waals surface area contributed by atoms with Gasteiger partial charge in [0.05, 0.1) is 42.5 Å². The summed E-state index contributed by atoms with van der Waals surface area (Å²) in [5, 5.41) is -0.262. The number of fused-ring (bicyclic) bond motifs is 3. The number of aromatic nitrogens is 1. The Hall–Kier alpha value is -4.01. The lowest BCUT2D eigenvalue weighted by Crippen LogP contribution is -2.45. The molecule has 7 rings (SSSR count). The molecule has 2 aliphatic heterocycles. The molecule has 2 aliphatic carbocycles. The fraction of sp³-hybridized carbons (Fsp3) is 0.545. The molecule has 0 radical (unpaired) electrons. The van der Waals surface area contributed by atoms with E-state index in [0.29, 0.717) is 42.0 Å². The number of hydrogen-bond donors (Lipinski definition) is 1. The molecule has 1 saturated heterocycles. The van der Waals surface area contributed by atoms with Gasteiger partial charge < -0.3 is 24.0 Å². The lowest BCUT2D eigenvalue weighted by atomic mass is 9.94. The van der Waals surface area contributed by atoms with Gasteiger partial charge in [-0.3, -0.25) is 18.9 Å². The summed E-state index contributed by atoms with van der Waals surface area (Å²) in [6.45, 7) is 2.03. The van der Waals surface area contributed by atoms with E-state index in [9.17, 15) is 23.8 Å². The smallest absolute Gasteiger partial charge is 0.306 e. The summed E-state index contributed by atoms with van der Waals surface area (Å²) in [6, 6.07) is 16.5. The van der Waals surface area contributed by atoms with Crippen LogP contribution in [-0.2, 0) is 23.7 Å². The van der Waals surface area contributed by atoms with Gasteiger partial charge in [-0.05, 0) is 75.8 Å². The normalized spacial score (nSPS) is 28.0. The predicted molar refractivity (Wildman–Crippen MR) is 212 cm³/mol. The molecule has 6 atom stereocenters. The number of rotatable bonds is 10. The summed E-state index contributed by atoms with van der Waals surface area (Å²) in [6.07, 6.45) is 12.4. The van der Waals surface area contributed by atoms with Crippen molar-refractivity contribution in [1.82, 2.24) is 9.88 Å². The van der Waals surface area contributed by atoms with Gasteiger partial charge in [0.25, 0.3) is 0 Å². The third-order valence-corrected chi connectivity index (χ3v) is 15.3. The summed E-state index contributed by atoms with van der Waals surface area (Å²) < 4.78 is 32.1. The number of amides is 1. The zero-order chi connectivity index (χ0) is 38.6. The molecule has 1 unspecified atom stereocenters. The Bertz CT molecular complexity index is 1940. The average molecular weight is 771 g/mol. The second-order valence-electron chi connectivity index (χ2n) is 16.1. The van der Waals surface area contributed by atoms with E-state index >= 15 is 0 Å². The van der Waals surface area contributed by atoms with Gasteiger partial charge in [-0.15, -0.1) is 0 Å². The summed E-state index contributed by atoms with van der Waals surface area (Å²) in [5.41, 5.74) is 2.30. The number of ether oxygens (including phenoxy) is 3. The number of nitrogens with zero attached hydrogens (tertiary/aromatic N) is 2. The van der Waals surface area contributed by atoms with Crippen LogP contribution in [0.15, 0.2) is 66.7 Å². The van der Waals surface area contributed by atoms with E-state index < -0.39 is 30.6 Å². The van der Waals surface area contributed by atoms with Gasteiger partial charge in [0.15, 0.2) is 5.78 Å². The second kappa shape index (κ2) is 17.0. The summed E-state index contributed by atoms with van der Waals surface area (Å²) in [7, 11) is -2.09. The largest absolute Gasteiger partial charge is 0.497 e. The number of methoxy groups -OCH3 is 1. The SMILES string of the molecule is CCCP(=O)(O)[C@]12CC(=O)[C@@H]3C[C@@H](Oc4cc(-c5ccccc5)nc5cc(OC)ccc45)CN3C(=O)[C@@H](CC(=O)OC3CCCC3)CCCCC/C=C\[C@H]1C2. The Morgan fingerprint density at radius 3 is 2.55 bits per heavy atom. The lowest BCUT2D eigenvalue weighted by Gasteiger charge is -2.30. The highest BCUT2D eigenvalue weighted by Crippen LogP contribution is 2.73. The molecule has 1 amide bonds. The van der Waals surface area contributed by atoms with Crippen molar-refractivity contribution in [3.8, 4) is 22.8 Å². The predicted octanol–water partition coefficient (Wildman–Crippen LogP) is 8.67. The Morgan fingerprint density at radius 1 is 1.00 bits per heavy atom. The van der Waals surface area contributed by atoms with Crippen LogP contribution in [0.1, 0.15) is 96.8 Å². The molecule has 0 spiro atoms. The maximum atomic E-state index is 14.7. The van der Waals surface area contributed by atoms with Crippen LogP contribution in [0.2, 0.25) is 0 Å². The van der Waals surface area contributed by atoms with Crippen LogP contribution >= 0.6 is 7.37 Å². The Morgan fingerprint density at radius 2 is 1.78 bits per heavy atom. The van der Waals surface area contributed by atoms with E-state index in [1.807, 2.05) is 67.6 Å². The first-order valence-corrected chi connectivity index (χ1v) is 22.2. The molecule has 3 aromatic rings. The minimum Gasteiger partial charge on any atom is -0.497 e. The summed E-state index contributed by atoms with van der Waals surface area (Å²) >= 11 is 0. The van der Waals surface area contributed by atoms with E-state index in [2.05, 4.69) is 6.08 Å². The van der Waals surface area contributed by atoms with Crippen LogP contribution in [0.5, 0.6) is 11.5 Å². The number of carbonyl (C=O) groups excluding carboxylic acids is 3. The molecular formula is C44H55N2O8P. The highest BCUT2D eigenvalue weighted by molar-refractivity contribution is 7.60. The monoisotopic (exact) mass is 770 g/mol. The molecular weight excluding hydrogens is 715 g/mol. The van der Waals surface area contributed by atoms with E-state index in [0.717, 1.165) is 62.3 Å². The minimum absolute atomic E-state index is 0.0379. The molecule has 4 aliphatic rings. The van der Waals surface area contributed by atoms with E-state index in [1.54, 1.807) is 12.0 Å². The van der Waals surface area contributed by atoms with Gasteiger partial charge in [-0.25, -0.2) is 4.98 Å². The molecule has 10 nitrogen and oxygen atoms in total. The number of ketones is 1. The molecule has 1 N–H and O–H groups in total. The Balaban J connectivity index is 1.22. The third kappa shape index (κ3) is 8.71. The fourth-order valence-corrected chi connectivity index (χ4v) is 11.6. The highest BCUT2D eigenvalue weighted by Gasteiger charge is 2.65. The van der Waals surface area contributed by atoms with Gasteiger partial charge in [-0.1, -0.05) is 62.2 Å². The molecule has 11 heteroatoms. The van der Waals surface area contributed by atoms with Crippen molar-refractivity contribution in [3.63, 3.8) is 0 Å². The molecule has 2 aromatic carbocycles. The fourth-order valence-electron chi connectivity index (χ4n) is 9.09. The van der Waals surface area contributed by atoms with Crippen molar-refractivity contribution >= 4 is 35.9 Å². The van der Waals surface area contributed by atoms with Crippen molar-refractivity contribution in [2.24, 2.45) is 11.8 Å². The zero-order valence-electron chi connectivity index (χ0n) is 32.2. The number of esters is 1. The molecule has 55 heavy (non-hydrogen) atoms. The van der Waals surface area contributed by atoms with E-state index in [-0.39, 0.29) is 61.7 Å². The van der Waals surface area contributed by atoms with Crippen molar-refractivity contribution in [3.05, 3.63) is 66.7 Å². The topological polar surface area (TPSA) is 132 Å². The first kappa shape index (κ1) is 39.2. The van der Waals surface area contributed by atoms with Crippen LogP contribution in [-0.4, -0.2) is 75.7 Å². The van der Waals surface area contributed by atoms with Crippen LogP contribution in [0, 0.1) is 11.8 Å². The molecule has 0 bridgehead atoms. The molecule has 1 aromatic heterocycles. The first-order chi connectivity index (χ1) is 26.6. The number of carbonyl (C=O) groups is 3. The first-order valence-electron chi connectivity index (χ1n) is 20.3. The standard InChI is InChI=1S/C44H55N2O8P/c1-3-22-55(50,51)44-27-32(44)17-11-6-4-5-8-16-31(23-42(48)54-33-18-12-13-19-33)43(49)46-29-35(25-39(46)40(47)28-44)53-41-26-37(30-14-9-7-10-15-30)45-38-24-34(52-2)20-21-36(38)41/h7,9-11,14-15,17,20-21,24,26,31-33,35,39H,3-6,8,12-13,16,18-19,22-23,25,27-29H2,1-2H3,(H,50,51)/b17-11-/t31-,32+,35-,39+,44-/m1/s1. The molecule has 2 saturated carbocycles. The maximum Gasteiger partial charge on any atom is 0.306 e. The van der Waals surface area contributed by atoms with Crippen LogP contribution in [0.4, 0.5) is 0 Å². The summed E-state index contributed by atoms with van der Waals surface area (Å²) in [4.78, 5) is 60.7. The minimum atomic E-state index is -3.70. The van der Waals surface area contributed by atoms with E-state index in [4.69, 9.17) is 19.2 Å². The van der Waals surface area contributed by atoms with Crippen molar-refractivity contribution in [2.75, 3.05) is 19.8 Å². The quantitative estimate of drug-likeness (QED) is 0.122. The Labute approximate surface area is 324 Å². The van der Waals surface area contributed by atoms with Gasteiger partial charge in [0, 0.05) is 48.0 Å². The van der Waals surface area contributed by atoms with Gasteiger partial charge in [0.2, 0.25) is 13.3 Å². The van der Waals surface area contributed by atoms with Crippen LogP contribution in [0.25, 0.3) is 22.2 Å². The number of hydrogen-bond acceptors (Lipinski definition) is 8. The molecule has 3 heterocycles. The average Bonchev–Trinajstić information content (AvgIpc) is 3.45.